The van der Waals surface area contributed by atoms with Gasteiger partial charge in [-0.05, 0) is 36.6 Å². The van der Waals surface area contributed by atoms with Crippen molar-refractivity contribution >= 4 is 23.4 Å². The molecule has 1 aliphatic rings. The average molecular weight is 326 g/mol. The van der Waals surface area contributed by atoms with Gasteiger partial charge in [-0.25, -0.2) is 0 Å². The van der Waals surface area contributed by atoms with E-state index < -0.39 is 5.41 Å². The van der Waals surface area contributed by atoms with E-state index in [1.54, 1.807) is 18.2 Å². The topological polar surface area (TPSA) is 88.4 Å². The molecule has 2 aromatic rings. The summed E-state index contributed by atoms with van der Waals surface area (Å²) in [5.41, 5.74) is 1.22. The van der Waals surface area contributed by atoms with Gasteiger partial charge in [-0.3, -0.25) is 19.7 Å². The highest BCUT2D eigenvalue weighted by Crippen LogP contribution is 2.36. The number of carbonyl (C=O) groups excluding carboxylic acids is 3. The second-order valence-electron chi connectivity index (χ2n) is 5.86. The predicted octanol–water partition coefficient (Wildman–Crippen LogP) is 2.62. The lowest BCUT2D eigenvalue weighted by Crippen LogP contribution is -2.51. The van der Waals surface area contributed by atoms with Gasteiger partial charge >= 0.3 is 0 Å². The van der Waals surface area contributed by atoms with Crippen LogP contribution in [0.2, 0.25) is 0 Å². The van der Waals surface area contributed by atoms with E-state index >= 15 is 0 Å². The fourth-order valence-corrected chi connectivity index (χ4v) is 3.04. The number of rotatable bonds is 4. The molecular formula is C18H18N2O4. The largest absolute Gasteiger partial charge is 0.472 e. The standard InChI is InChI=1S/C18H18N2O4/c1-2-18(9-7-15(21)20-17(18)23)13-3-5-14(6-4-13)19-16(22)12-8-10-24-11-12/h3-6,8,10-11H,2,7,9H2,1H3,(H,19,22)(H,20,21,23). The molecule has 0 saturated carbocycles. The van der Waals surface area contributed by atoms with Crippen molar-refractivity contribution in [3.05, 3.63) is 54.0 Å². The van der Waals surface area contributed by atoms with Gasteiger partial charge in [0.2, 0.25) is 11.8 Å². The van der Waals surface area contributed by atoms with Gasteiger partial charge < -0.3 is 9.73 Å². The minimum Gasteiger partial charge on any atom is -0.472 e. The number of anilines is 1. The Morgan fingerprint density at radius 3 is 2.58 bits per heavy atom. The maximum absolute atomic E-state index is 12.4. The molecule has 2 heterocycles. The van der Waals surface area contributed by atoms with Crippen molar-refractivity contribution in [3.8, 4) is 0 Å². The molecule has 1 fully saturated rings. The Morgan fingerprint density at radius 2 is 2.00 bits per heavy atom. The Bertz CT molecular complexity index is 765. The Balaban J connectivity index is 1.79. The molecule has 1 aromatic carbocycles. The molecule has 1 aromatic heterocycles. The summed E-state index contributed by atoms with van der Waals surface area (Å²) in [5, 5.41) is 5.20. The van der Waals surface area contributed by atoms with Crippen molar-refractivity contribution in [1.82, 2.24) is 5.32 Å². The van der Waals surface area contributed by atoms with Crippen molar-refractivity contribution in [3.63, 3.8) is 0 Å². The zero-order valence-corrected chi connectivity index (χ0v) is 13.3. The Kier molecular flexibility index (Phi) is 4.20. The van der Waals surface area contributed by atoms with Crippen LogP contribution in [0.1, 0.15) is 42.1 Å². The van der Waals surface area contributed by atoms with Gasteiger partial charge in [0.25, 0.3) is 5.91 Å². The molecule has 0 spiro atoms. The number of furan rings is 1. The first kappa shape index (κ1) is 16.0. The zero-order chi connectivity index (χ0) is 17.2. The molecule has 6 nitrogen and oxygen atoms in total. The normalized spacial score (nSPS) is 20.5. The third kappa shape index (κ3) is 2.82. The van der Waals surface area contributed by atoms with Crippen LogP contribution in [0.25, 0.3) is 0 Å². The van der Waals surface area contributed by atoms with Crippen LogP contribution in [-0.2, 0) is 15.0 Å². The highest BCUT2D eigenvalue weighted by Gasteiger charge is 2.42. The van der Waals surface area contributed by atoms with E-state index in [9.17, 15) is 14.4 Å². The van der Waals surface area contributed by atoms with Crippen LogP contribution in [0.5, 0.6) is 0 Å². The van der Waals surface area contributed by atoms with Crippen LogP contribution in [0.4, 0.5) is 5.69 Å². The Hall–Kier alpha value is -2.89. The van der Waals surface area contributed by atoms with Crippen LogP contribution in [-0.4, -0.2) is 17.7 Å². The number of piperidine rings is 1. The first-order valence-electron chi connectivity index (χ1n) is 7.83. The maximum atomic E-state index is 12.4. The first-order chi connectivity index (χ1) is 11.5. The lowest BCUT2D eigenvalue weighted by atomic mass is 9.72. The van der Waals surface area contributed by atoms with Gasteiger partial charge in [0.05, 0.1) is 17.2 Å². The van der Waals surface area contributed by atoms with Crippen molar-refractivity contribution in [2.45, 2.75) is 31.6 Å². The monoisotopic (exact) mass is 326 g/mol. The van der Waals surface area contributed by atoms with E-state index in [0.717, 1.165) is 5.56 Å². The summed E-state index contributed by atoms with van der Waals surface area (Å²) in [7, 11) is 0. The van der Waals surface area contributed by atoms with Crippen LogP contribution in [0, 0.1) is 0 Å². The second kappa shape index (κ2) is 6.31. The Morgan fingerprint density at radius 1 is 1.25 bits per heavy atom. The number of benzene rings is 1. The highest BCUT2D eigenvalue weighted by molar-refractivity contribution is 6.04. The number of imide groups is 1. The smallest absolute Gasteiger partial charge is 0.258 e. The second-order valence-corrected chi connectivity index (χ2v) is 5.86. The number of nitrogens with one attached hydrogen (secondary N) is 2. The number of amides is 3. The van der Waals surface area contributed by atoms with Crippen LogP contribution >= 0.6 is 0 Å². The molecule has 124 valence electrons. The molecule has 1 unspecified atom stereocenters. The lowest BCUT2D eigenvalue weighted by Gasteiger charge is -2.35. The molecule has 1 atom stereocenters. The van der Waals surface area contributed by atoms with Gasteiger partial charge in [-0.15, -0.1) is 0 Å². The van der Waals surface area contributed by atoms with E-state index in [-0.39, 0.29) is 17.7 Å². The van der Waals surface area contributed by atoms with Crippen LogP contribution in [0.15, 0.2) is 47.3 Å². The zero-order valence-electron chi connectivity index (χ0n) is 13.3. The van der Waals surface area contributed by atoms with Crippen LogP contribution in [0.3, 0.4) is 0 Å². The molecule has 0 bridgehead atoms. The van der Waals surface area contributed by atoms with E-state index in [1.807, 2.05) is 19.1 Å². The molecule has 3 rings (SSSR count). The Labute approximate surface area is 139 Å². The number of hydrogen-bond donors (Lipinski definition) is 2. The highest BCUT2D eigenvalue weighted by atomic mass is 16.3. The van der Waals surface area contributed by atoms with Gasteiger partial charge in [0.1, 0.15) is 6.26 Å². The lowest BCUT2D eigenvalue weighted by molar-refractivity contribution is -0.138. The minimum absolute atomic E-state index is 0.229. The third-order valence-electron chi connectivity index (χ3n) is 4.55. The van der Waals surface area contributed by atoms with Crippen molar-refractivity contribution in [2.24, 2.45) is 0 Å². The SMILES string of the molecule is CCC1(c2ccc(NC(=O)c3ccoc3)cc2)CCC(=O)NC1=O. The third-order valence-corrected chi connectivity index (χ3v) is 4.55. The van der Waals surface area contributed by atoms with Gasteiger partial charge in [0.15, 0.2) is 0 Å². The molecule has 24 heavy (non-hydrogen) atoms. The molecule has 1 aliphatic heterocycles. The number of hydrogen-bond acceptors (Lipinski definition) is 4. The maximum Gasteiger partial charge on any atom is 0.258 e. The summed E-state index contributed by atoms with van der Waals surface area (Å²) >= 11 is 0. The van der Waals surface area contributed by atoms with Crippen LogP contribution < -0.4 is 10.6 Å². The van der Waals surface area contributed by atoms with Gasteiger partial charge in [-0.1, -0.05) is 19.1 Å². The molecule has 2 N–H and O–H groups in total. The molecule has 1 saturated heterocycles. The van der Waals surface area contributed by atoms with E-state index in [1.165, 1.54) is 12.5 Å². The molecular weight excluding hydrogens is 308 g/mol. The van der Waals surface area contributed by atoms with Gasteiger partial charge in [0, 0.05) is 12.1 Å². The summed E-state index contributed by atoms with van der Waals surface area (Å²) in [6, 6.07) is 8.75. The quantitative estimate of drug-likeness (QED) is 0.845. The minimum atomic E-state index is -0.693. The molecule has 6 heteroatoms. The predicted molar refractivity (Wildman–Crippen MR) is 87.5 cm³/mol. The summed E-state index contributed by atoms with van der Waals surface area (Å²) in [5.74, 6) is -0.743. The summed E-state index contributed by atoms with van der Waals surface area (Å²) < 4.78 is 4.89. The average Bonchev–Trinajstić information content (AvgIpc) is 3.11. The van der Waals surface area contributed by atoms with Gasteiger partial charge in [-0.2, -0.15) is 0 Å². The van der Waals surface area contributed by atoms with E-state index in [2.05, 4.69) is 10.6 Å². The molecule has 0 aliphatic carbocycles. The summed E-state index contributed by atoms with van der Waals surface area (Å²) in [4.78, 5) is 35.8. The number of carbonyl (C=O) groups is 3. The van der Waals surface area contributed by atoms with E-state index in [4.69, 9.17) is 4.42 Å². The van der Waals surface area contributed by atoms with Crippen molar-refractivity contribution in [1.29, 1.82) is 0 Å². The van der Waals surface area contributed by atoms with Crippen molar-refractivity contribution < 1.29 is 18.8 Å². The van der Waals surface area contributed by atoms with Crippen molar-refractivity contribution in [2.75, 3.05) is 5.32 Å². The fourth-order valence-electron chi connectivity index (χ4n) is 3.04. The summed E-state index contributed by atoms with van der Waals surface area (Å²) in [6.45, 7) is 1.93. The fraction of sp³-hybridized carbons (Fsp3) is 0.278. The molecule has 3 amide bonds. The summed E-state index contributed by atoms with van der Waals surface area (Å²) in [6.07, 6.45) is 4.24. The van der Waals surface area contributed by atoms with E-state index in [0.29, 0.717) is 30.5 Å². The first-order valence-corrected chi connectivity index (χ1v) is 7.83. The molecule has 0 radical (unpaired) electrons.